The number of nitrogens with one attached hydrogen (secondary N) is 1. The fourth-order valence-electron chi connectivity index (χ4n) is 3.19. The third kappa shape index (κ3) is 1.37. The molecule has 2 saturated carbocycles. The molecule has 4 aliphatic carbocycles. The Morgan fingerprint density at radius 1 is 1.28 bits per heavy atom. The third-order valence-corrected chi connectivity index (χ3v) is 4.31. The molecular weight excluding hydrogens is 226 g/mol. The first-order valence-corrected chi connectivity index (χ1v) is 6.60. The molecule has 3 nitrogen and oxygen atoms in total. The Bertz CT molecular complexity index is 577. The summed E-state index contributed by atoms with van der Waals surface area (Å²) < 4.78 is 0. The summed E-state index contributed by atoms with van der Waals surface area (Å²) in [6.07, 6.45) is 9.47. The molecule has 2 N–H and O–H groups in total. The summed E-state index contributed by atoms with van der Waals surface area (Å²) in [4.78, 5) is 12.2. The maximum absolute atomic E-state index is 12.2. The molecule has 0 saturated heterocycles. The van der Waals surface area contributed by atoms with E-state index in [0.717, 1.165) is 36.8 Å². The van der Waals surface area contributed by atoms with Gasteiger partial charge in [0, 0.05) is 5.57 Å². The van der Waals surface area contributed by atoms with Crippen molar-refractivity contribution in [2.45, 2.75) is 37.8 Å². The van der Waals surface area contributed by atoms with E-state index >= 15 is 0 Å². The zero-order chi connectivity index (χ0) is 12.3. The summed E-state index contributed by atoms with van der Waals surface area (Å²) in [7, 11) is 0. The maximum Gasteiger partial charge on any atom is 0.252 e. The molecule has 2 fully saturated rings. The van der Waals surface area contributed by atoms with Crippen molar-refractivity contribution in [3.63, 3.8) is 0 Å². The van der Waals surface area contributed by atoms with Crippen LogP contribution in [-0.2, 0) is 4.79 Å². The van der Waals surface area contributed by atoms with Gasteiger partial charge in [-0.2, -0.15) is 0 Å². The van der Waals surface area contributed by atoms with E-state index in [4.69, 9.17) is 0 Å². The topological polar surface area (TPSA) is 49.3 Å². The van der Waals surface area contributed by atoms with Crippen LogP contribution in [0.3, 0.4) is 0 Å². The molecular formula is C15H15NO2. The molecule has 0 aromatic heterocycles. The van der Waals surface area contributed by atoms with E-state index in [0.29, 0.717) is 0 Å². The van der Waals surface area contributed by atoms with Gasteiger partial charge in [-0.1, -0.05) is 6.08 Å². The average molecular weight is 241 g/mol. The summed E-state index contributed by atoms with van der Waals surface area (Å²) >= 11 is 0. The first-order chi connectivity index (χ1) is 8.74. The number of hydrogen-bond acceptors (Lipinski definition) is 2. The summed E-state index contributed by atoms with van der Waals surface area (Å²) in [6.45, 7) is 0. The van der Waals surface area contributed by atoms with Crippen molar-refractivity contribution >= 4 is 5.91 Å². The first kappa shape index (κ1) is 10.3. The van der Waals surface area contributed by atoms with Crippen LogP contribution < -0.4 is 5.32 Å². The van der Waals surface area contributed by atoms with E-state index in [1.165, 1.54) is 16.7 Å². The first-order valence-electron chi connectivity index (χ1n) is 6.60. The fourth-order valence-corrected chi connectivity index (χ4v) is 3.19. The largest absolute Gasteiger partial charge is 0.391 e. The van der Waals surface area contributed by atoms with Crippen molar-refractivity contribution in [1.82, 2.24) is 5.32 Å². The monoisotopic (exact) mass is 241 g/mol. The molecule has 1 amide bonds. The number of carbonyl (C=O) groups excluding carboxylic acids is 1. The minimum absolute atomic E-state index is 0.0408. The lowest BCUT2D eigenvalue weighted by Crippen LogP contribution is -2.40. The lowest BCUT2D eigenvalue weighted by atomic mass is 10.1. The van der Waals surface area contributed by atoms with Gasteiger partial charge in [0.05, 0.1) is 12.1 Å². The maximum atomic E-state index is 12.2. The van der Waals surface area contributed by atoms with Crippen molar-refractivity contribution < 1.29 is 9.90 Å². The summed E-state index contributed by atoms with van der Waals surface area (Å²) in [6, 6.07) is -0.0701. The number of aliphatic hydroxyl groups is 1. The van der Waals surface area contributed by atoms with Crippen LogP contribution in [0.5, 0.6) is 0 Å². The molecule has 18 heavy (non-hydrogen) atoms. The number of aliphatic hydroxyl groups excluding tert-OH is 1. The van der Waals surface area contributed by atoms with Gasteiger partial charge in [-0.25, -0.2) is 0 Å². The molecule has 92 valence electrons. The predicted octanol–water partition coefficient (Wildman–Crippen LogP) is 1.52. The molecule has 0 radical (unpaired) electrons. The molecule has 0 spiro atoms. The van der Waals surface area contributed by atoms with Crippen molar-refractivity contribution in [2.24, 2.45) is 0 Å². The smallest absolute Gasteiger partial charge is 0.252 e. The molecule has 0 bridgehead atoms. The Morgan fingerprint density at radius 2 is 2.17 bits per heavy atom. The Kier molecular flexibility index (Phi) is 1.98. The van der Waals surface area contributed by atoms with E-state index in [9.17, 15) is 9.90 Å². The van der Waals surface area contributed by atoms with Gasteiger partial charge in [0.1, 0.15) is 0 Å². The van der Waals surface area contributed by atoms with Gasteiger partial charge in [0.2, 0.25) is 0 Å². The van der Waals surface area contributed by atoms with Gasteiger partial charge in [0.15, 0.2) is 0 Å². The molecule has 0 aromatic rings. The van der Waals surface area contributed by atoms with Crippen LogP contribution in [0.1, 0.15) is 25.7 Å². The molecule has 0 aliphatic heterocycles. The van der Waals surface area contributed by atoms with Crippen LogP contribution in [0.25, 0.3) is 0 Å². The highest BCUT2D eigenvalue weighted by Gasteiger charge is 2.36. The van der Waals surface area contributed by atoms with Crippen molar-refractivity contribution in [1.29, 1.82) is 0 Å². The van der Waals surface area contributed by atoms with E-state index in [2.05, 4.69) is 11.4 Å². The summed E-state index contributed by atoms with van der Waals surface area (Å²) in [5, 5.41) is 12.7. The summed E-state index contributed by atoms with van der Waals surface area (Å²) in [5.41, 5.74) is 5.87. The number of rotatable bonds is 2. The normalized spacial score (nSPS) is 31.7. The zero-order valence-corrected chi connectivity index (χ0v) is 10.1. The van der Waals surface area contributed by atoms with Crippen LogP contribution in [0, 0.1) is 0 Å². The summed E-state index contributed by atoms with van der Waals surface area (Å²) in [5.74, 6) is -0.0408. The minimum atomic E-state index is -0.377. The molecule has 0 heterocycles. The Hall–Kier alpha value is -1.61. The zero-order valence-electron chi connectivity index (χ0n) is 10.1. The molecule has 4 rings (SSSR count). The number of fused-ring (bicyclic) bond motifs is 2. The Labute approximate surface area is 106 Å². The number of hydrogen-bond donors (Lipinski definition) is 2. The highest BCUT2D eigenvalue weighted by atomic mass is 16.3. The SMILES string of the molecule is O=C(N[C@H]1CCC[C@H]1O)C1=C2C=C3CC3=C2C=C1. The van der Waals surface area contributed by atoms with Crippen molar-refractivity contribution in [2.75, 3.05) is 0 Å². The average Bonchev–Trinajstić information content (AvgIpc) is 2.72. The molecule has 0 aromatic carbocycles. The van der Waals surface area contributed by atoms with E-state index in [1.807, 2.05) is 12.2 Å². The number of allylic oxidation sites excluding steroid dienone is 6. The lowest BCUT2D eigenvalue weighted by molar-refractivity contribution is -0.118. The van der Waals surface area contributed by atoms with Crippen LogP contribution in [0.2, 0.25) is 0 Å². The van der Waals surface area contributed by atoms with Gasteiger partial charge < -0.3 is 10.4 Å². The molecule has 2 atom stereocenters. The Balaban J connectivity index is 1.57. The number of carbonyl (C=O) groups is 1. The van der Waals surface area contributed by atoms with E-state index in [1.54, 1.807) is 0 Å². The lowest BCUT2D eigenvalue weighted by Gasteiger charge is -2.16. The number of amides is 1. The Morgan fingerprint density at radius 3 is 2.94 bits per heavy atom. The van der Waals surface area contributed by atoms with Crippen LogP contribution in [-0.4, -0.2) is 23.2 Å². The van der Waals surface area contributed by atoms with Crippen molar-refractivity contribution in [3.05, 3.63) is 46.1 Å². The second-order valence-electron chi connectivity index (χ2n) is 5.48. The third-order valence-electron chi connectivity index (χ3n) is 4.31. The van der Waals surface area contributed by atoms with Gasteiger partial charge in [0.25, 0.3) is 5.91 Å². The standard InChI is InChI=1S/C15H15NO2/c17-14-3-1-2-13(14)16-15(18)10-5-4-9-11-6-8(11)7-12(9)10/h4-5,7,13-14,17H,1-3,6H2,(H,16,18)/t13-,14+/m0/s1. The second-order valence-corrected chi connectivity index (χ2v) is 5.48. The van der Waals surface area contributed by atoms with Gasteiger partial charge in [-0.3, -0.25) is 4.79 Å². The molecule has 4 aliphatic rings. The molecule has 0 unspecified atom stereocenters. The minimum Gasteiger partial charge on any atom is -0.391 e. The van der Waals surface area contributed by atoms with Gasteiger partial charge in [-0.05, 0) is 60.1 Å². The predicted molar refractivity (Wildman–Crippen MR) is 67.7 cm³/mol. The quantitative estimate of drug-likeness (QED) is 0.770. The van der Waals surface area contributed by atoms with Crippen molar-refractivity contribution in [3.8, 4) is 0 Å². The highest BCUT2D eigenvalue weighted by molar-refractivity contribution is 6.02. The van der Waals surface area contributed by atoms with Crippen LogP contribution in [0.4, 0.5) is 0 Å². The highest BCUT2D eigenvalue weighted by Crippen LogP contribution is 2.51. The van der Waals surface area contributed by atoms with Gasteiger partial charge in [-0.15, -0.1) is 0 Å². The molecule has 3 heteroatoms. The second kappa shape index (κ2) is 3.45. The fraction of sp³-hybridized carbons (Fsp3) is 0.400. The van der Waals surface area contributed by atoms with Crippen LogP contribution >= 0.6 is 0 Å². The van der Waals surface area contributed by atoms with Gasteiger partial charge >= 0.3 is 0 Å². The van der Waals surface area contributed by atoms with E-state index in [-0.39, 0.29) is 18.1 Å². The van der Waals surface area contributed by atoms with Crippen LogP contribution in [0.15, 0.2) is 46.1 Å². The van der Waals surface area contributed by atoms with E-state index < -0.39 is 0 Å².